The number of ether oxygens (including phenoxy) is 1. The molecule has 0 spiro atoms. The molecule has 0 heterocycles. The van der Waals surface area contributed by atoms with Gasteiger partial charge in [0.2, 0.25) is 0 Å². The van der Waals surface area contributed by atoms with Crippen LogP contribution in [0.15, 0.2) is 24.3 Å². The van der Waals surface area contributed by atoms with Crippen LogP contribution in [-0.4, -0.2) is 23.1 Å². The summed E-state index contributed by atoms with van der Waals surface area (Å²) >= 11 is 7.82. The molecule has 0 N–H and O–H groups in total. The first kappa shape index (κ1) is 16.7. The van der Waals surface area contributed by atoms with Gasteiger partial charge in [-0.15, -0.1) is 0 Å². The first-order chi connectivity index (χ1) is 10.2. The highest BCUT2D eigenvalue weighted by Crippen LogP contribution is 2.32. The molecule has 1 fully saturated rings. The SMILES string of the molecule is CCCCS[C@H]1CCCC[C@@H]1OC(=O)c1ccc(Cl)cc1. The van der Waals surface area contributed by atoms with Gasteiger partial charge in [0.05, 0.1) is 5.56 Å². The number of unbranched alkanes of at least 4 members (excludes halogenated alkanes) is 1. The number of carbonyl (C=O) groups is 1. The van der Waals surface area contributed by atoms with Gasteiger partial charge in [0.25, 0.3) is 0 Å². The maximum Gasteiger partial charge on any atom is 0.338 e. The van der Waals surface area contributed by atoms with E-state index in [0.29, 0.717) is 15.8 Å². The maximum atomic E-state index is 12.2. The highest BCUT2D eigenvalue weighted by atomic mass is 35.5. The zero-order valence-corrected chi connectivity index (χ0v) is 14.1. The highest BCUT2D eigenvalue weighted by Gasteiger charge is 2.28. The lowest BCUT2D eigenvalue weighted by atomic mass is 9.97. The molecule has 2 rings (SSSR count). The van der Waals surface area contributed by atoms with E-state index in [4.69, 9.17) is 16.3 Å². The van der Waals surface area contributed by atoms with E-state index in [1.54, 1.807) is 24.3 Å². The first-order valence-electron chi connectivity index (χ1n) is 7.79. The number of carbonyl (C=O) groups excluding carboxylic acids is 1. The zero-order chi connectivity index (χ0) is 15.1. The van der Waals surface area contributed by atoms with Gasteiger partial charge in [0, 0.05) is 10.3 Å². The molecule has 1 aliphatic carbocycles. The molecule has 1 aliphatic rings. The minimum absolute atomic E-state index is 0.0591. The Morgan fingerprint density at radius 1 is 1.29 bits per heavy atom. The predicted octanol–water partition coefficient (Wildman–Crippen LogP) is 5.34. The lowest BCUT2D eigenvalue weighted by Crippen LogP contribution is -2.32. The molecule has 2 nitrogen and oxygen atoms in total. The summed E-state index contributed by atoms with van der Waals surface area (Å²) in [5, 5.41) is 1.10. The number of thioether (sulfide) groups is 1. The summed E-state index contributed by atoms with van der Waals surface area (Å²) in [4.78, 5) is 12.2. The second-order valence-electron chi connectivity index (χ2n) is 5.50. The molecule has 0 bridgehead atoms. The van der Waals surface area contributed by atoms with Gasteiger partial charge in [-0.05, 0) is 55.7 Å². The molecule has 4 heteroatoms. The highest BCUT2D eigenvalue weighted by molar-refractivity contribution is 7.99. The van der Waals surface area contributed by atoms with Gasteiger partial charge < -0.3 is 4.74 Å². The Bertz CT molecular complexity index is 447. The summed E-state index contributed by atoms with van der Waals surface area (Å²) in [5.74, 6) is 0.940. The van der Waals surface area contributed by atoms with Crippen molar-refractivity contribution in [2.45, 2.75) is 56.8 Å². The third-order valence-corrected chi connectivity index (χ3v) is 5.55. The first-order valence-corrected chi connectivity index (χ1v) is 9.21. The molecular weight excluding hydrogens is 304 g/mol. The van der Waals surface area contributed by atoms with Gasteiger partial charge in [-0.25, -0.2) is 4.79 Å². The summed E-state index contributed by atoms with van der Waals surface area (Å²) in [7, 11) is 0. The van der Waals surface area contributed by atoms with Crippen LogP contribution < -0.4 is 0 Å². The number of hydrogen-bond donors (Lipinski definition) is 0. The van der Waals surface area contributed by atoms with Crippen molar-refractivity contribution in [2.75, 3.05) is 5.75 Å². The van der Waals surface area contributed by atoms with Crippen molar-refractivity contribution >= 4 is 29.3 Å². The Balaban J connectivity index is 1.91. The molecule has 0 amide bonds. The molecule has 2 atom stereocenters. The molecule has 116 valence electrons. The summed E-state index contributed by atoms with van der Waals surface area (Å²) in [6.45, 7) is 2.21. The molecule has 0 saturated heterocycles. The van der Waals surface area contributed by atoms with E-state index in [0.717, 1.165) is 25.0 Å². The summed E-state index contributed by atoms with van der Waals surface area (Å²) < 4.78 is 5.76. The molecule has 1 saturated carbocycles. The van der Waals surface area contributed by atoms with Crippen LogP contribution in [0.5, 0.6) is 0 Å². The van der Waals surface area contributed by atoms with E-state index in [-0.39, 0.29) is 12.1 Å². The Morgan fingerprint density at radius 3 is 2.71 bits per heavy atom. The summed E-state index contributed by atoms with van der Waals surface area (Å²) in [6.07, 6.45) is 7.07. The minimum Gasteiger partial charge on any atom is -0.458 e. The monoisotopic (exact) mass is 326 g/mol. The van der Waals surface area contributed by atoms with Gasteiger partial charge in [-0.3, -0.25) is 0 Å². The normalized spacial score (nSPS) is 22.0. The number of halogens is 1. The van der Waals surface area contributed by atoms with Crippen molar-refractivity contribution in [3.8, 4) is 0 Å². The maximum absolute atomic E-state index is 12.2. The van der Waals surface area contributed by atoms with Crippen LogP contribution in [0.1, 0.15) is 55.8 Å². The van der Waals surface area contributed by atoms with Crippen LogP contribution in [0.25, 0.3) is 0 Å². The third-order valence-electron chi connectivity index (χ3n) is 3.81. The standard InChI is InChI=1S/C17H23ClO2S/c1-2-3-12-21-16-7-5-4-6-15(16)20-17(19)13-8-10-14(18)11-9-13/h8-11,15-16H,2-7,12H2,1H3/t15-,16-/m0/s1. The molecule has 1 aromatic carbocycles. The van der Waals surface area contributed by atoms with Crippen LogP contribution in [0.2, 0.25) is 5.02 Å². The van der Waals surface area contributed by atoms with Crippen LogP contribution in [0, 0.1) is 0 Å². The Labute approximate surface area is 136 Å². The van der Waals surface area contributed by atoms with Crippen molar-refractivity contribution in [1.29, 1.82) is 0 Å². The van der Waals surface area contributed by atoms with Gasteiger partial charge in [-0.2, -0.15) is 11.8 Å². The average molecular weight is 327 g/mol. The molecule has 0 aliphatic heterocycles. The van der Waals surface area contributed by atoms with E-state index in [1.807, 2.05) is 11.8 Å². The fourth-order valence-corrected chi connectivity index (χ4v) is 4.18. The predicted molar refractivity (Wildman–Crippen MR) is 90.3 cm³/mol. The van der Waals surface area contributed by atoms with Gasteiger partial charge in [-0.1, -0.05) is 31.4 Å². The van der Waals surface area contributed by atoms with Gasteiger partial charge >= 0.3 is 5.97 Å². The molecule has 1 aromatic rings. The molecule has 0 unspecified atom stereocenters. The van der Waals surface area contributed by atoms with E-state index in [1.165, 1.54) is 19.3 Å². The molecular formula is C17H23ClO2S. The van der Waals surface area contributed by atoms with E-state index < -0.39 is 0 Å². The van der Waals surface area contributed by atoms with Gasteiger partial charge in [0.15, 0.2) is 0 Å². The van der Waals surface area contributed by atoms with Crippen molar-refractivity contribution in [3.63, 3.8) is 0 Å². The Hall–Kier alpha value is -0.670. The number of benzene rings is 1. The van der Waals surface area contributed by atoms with E-state index in [9.17, 15) is 4.79 Å². The lowest BCUT2D eigenvalue weighted by molar-refractivity contribution is 0.0229. The van der Waals surface area contributed by atoms with Crippen LogP contribution in [-0.2, 0) is 4.74 Å². The topological polar surface area (TPSA) is 26.3 Å². The average Bonchev–Trinajstić information content (AvgIpc) is 2.50. The quantitative estimate of drug-likeness (QED) is 0.521. The Morgan fingerprint density at radius 2 is 2.00 bits per heavy atom. The number of rotatable bonds is 6. The van der Waals surface area contributed by atoms with E-state index in [2.05, 4.69) is 6.92 Å². The van der Waals surface area contributed by atoms with Crippen LogP contribution in [0.3, 0.4) is 0 Å². The van der Waals surface area contributed by atoms with Crippen molar-refractivity contribution in [2.24, 2.45) is 0 Å². The Kier molecular flexibility index (Phi) is 6.91. The molecule has 0 aromatic heterocycles. The molecule has 21 heavy (non-hydrogen) atoms. The van der Waals surface area contributed by atoms with Crippen LogP contribution in [0.4, 0.5) is 0 Å². The van der Waals surface area contributed by atoms with Crippen molar-refractivity contribution in [1.82, 2.24) is 0 Å². The second kappa shape index (κ2) is 8.70. The summed E-state index contributed by atoms with van der Waals surface area (Å²) in [5.41, 5.74) is 0.585. The number of esters is 1. The van der Waals surface area contributed by atoms with Crippen molar-refractivity contribution in [3.05, 3.63) is 34.9 Å². The zero-order valence-electron chi connectivity index (χ0n) is 12.5. The lowest BCUT2D eigenvalue weighted by Gasteiger charge is -2.30. The fourth-order valence-electron chi connectivity index (χ4n) is 2.56. The molecule has 0 radical (unpaired) electrons. The van der Waals surface area contributed by atoms with Crippen molar-refractivity contribution < 1.29 is 9.53 Å². The minimum atomic E-state index is -0.223. The van der Waals surface area contributed by atoms with Crippen LogP contribution >= 0.6 is 23.4 Å². The largest absolute Gasteiger partial charge is 0.458 e. The second-order valence-corrected chi connectivity index (χ2v) is 7.28. The number of hydrogen-bond acceptors (Lipinski definition) is 3. The third kappa shape index (κ3) is 5.23. The van der Waals surface area contributed by atoms with Gasteiger partial charge in [0.1, 0.15) is 6.10 Å². The fraction of sp³-hybridized carbons (Fsp3) is 0.588. The summed E-state index contributed by atoms with van der Waals surface area (Å²) in [6, 6.07) is 6.92. The van der Waals surface area contributed by atoms with E-state index >= 15 is 0 Å². The smallest absolute Gasteiger partial charge is 0.338 e.